The van der Waals surface area contributed by atoms with Gasteiger partial charge >= 0.3 is 0 Å². The van der Waals surface area contributed by atoms with Crippen molar-refractivity contribution in [1.29, 1.82) is 0 Å². The van der Waals surface area contributed by atoms with Crippen molar-refractivity contribution in [2.45, 2.75) is 6.92 Å². The molecule has 0 fully saturated rings. The van der Waals surface area contributed by atoms with E-state index in [4.69, 9.17) is 4.74 Å². The molecule has 0 aromatic heterocycles. The maximum absolute atomic E-state index is 5.21. The number of ether oxygens (including phenoxy) is 1. The van der Waals surface area contributed by atoms with Gasteiger partial charge < -0.3 is 4.74 Å². The molecule has 0 saturated carbocycles. The fourth-order valence-electron chi connectivity index (χ4n) is 1.13. The Labute approximate surface area is 84.8 Å². The van der Waals surface area contributed by atoms with Gasteiger partial charge in [-0.15, -0.1) is 0 Å². The molecule has 1 nitrogen and oxygen atoms in total. The second kappa shape index (κ2) is 4.97. The van der Waals surface area contributed by atoms with Crippen molar-refractivity contribution in [2.75, 3.05) is 12.9 Å². The van der Waals surface area contributed by atoms with Gasteiger partial charge in [0.1, 0.15) is 5.75 Å². The summed E-state index contributed by atoms with van der Waals surface area (Å²) >= 11 is 4.10. The second-order valence-electron chi connectivity index (χ2n) is 2.81. The normalized spacial score (nSPS) is 10.7. The first kappa shape index (κ1) is 10.2. The van der Waals surface area contributed by atoms with Gasteiger partial charge in [-0.3, -0.25) is 0 Å². The summed E-state index contributed by atoms with van der Waals surface area (Å²) in [5, 5.41) is 0. The Morgan fingerprint density at radius 2 is 2.23 bits per heavy atom. The van der Waals surface area contributed by atoms with Gasteiger partial charge in [-0.05, 0) is 24.1 Å². The predicted molar refractivity (Wildman–Crippen MR) is 60.6 cm³/mol. The van der Waals surface area contributed by atoms with E-state index in [1.54, 1.807) is 7.11 Å². The van der Waals surface area contributed by atoms with Crippen molar-refractivity contribution in [3.63, 3.8) is 0 Å². The van der Waals surface area contributed by atoms with Gasteiger partial charge in [0, 0.05) is 5.75 Å². The zero-order chi connectivity index (χ0) is 9.68. The minimum atomic E-state index is 0.760. The van der Waals surface area contributed by atoms with E-state index >= 15 is 0 Å². The Bertz CT molecular complexity index is 305. The van der Waals surface area contributed by atoms with E-state index in [0.717, 1.165) is 22.6 Å². The Morgan fingerprint density at radius 3 is 2.85 bits per heavy atom. The summed E-state index contributed by atoms with van der Waals surface area (Å²) in [7, 11) is 1.69. The van der Waals surface area contributed by atoms with Gasteiger partial charge in [0.15, 0.2) is 0 Å². The minimum absolute atomic E-state index is 0.760. The second-order valence-corrected chi connectivity index (χ2v) is 3.18. The number of benzene rings is 1. The molecular formula is C11H14OS. The molecule has 0 radical (unpaired) electrons. The summed E-state index contributed by atoms with van der Waals surface area (Å²) in [5.41, 5.74) is 2.31. The molecule has 0 unspecified atom stereocenters. The fraction of sp³-hybridized carbons (Fsp3) is 0.273. The zero-order valence-corrected chi connectivity index (χ0v) is 8.84. The molecule has 0 atom stereocenters. The van der Waals surface area contributed by atoms with Crippen LogP contribution < -0.4 is 4.74 Å². The van der Waals surface area contributed by atoms with E-state index in [9.17, 15) is 0 Å². The molecule has 1 rings (SSSR count). The van der Waals surface area contributed by atoms with Crippen molar-refractivity contribution >= 4 is 18.7 Å². The third-order valence-electron chi connectivity index (χ3n) is 1.85. The van der Waals surface area contributed by atoms with Crippen LogP contribution in [0.15, 0.2) is 24.3 Å². The maximum Gasteiger partial charge on any atom is 0.122 e. The molecule has 2 heteroatoms. The molecule has 0 spiro atoms. The average molecular weight is 194 g/mol. The van der Waals surface area contributed by atoms with Gasteiger partial charge in [-0.25, -0.2) is 0 Å². The third-order valence-corrected chi connectivity index (χ3v) is 2.06. The van der Waals surface area contributed by atoms with E-state index < -0.39 is 0 Å². The summed E-state index contributed by atoms with van der Waals surface area (Å²) in [6.45, 7) is 2.03. The van der Waals surface area contributed by atoms with Crippen LogP contribution in [0.25, 0.3) is 6.08 Å². The minimum Gasteiger partial charge on any atom is -0.496 e. The SMILES string of the molecule is COc1cc(C=CCS)ccc1C. The average Bonchev–Trinajstić information content (AvgIpc) is 2.16. The molecule has 0 N–H and O–H groups in total. The molecule has 0 saturated heterocycles. The monoisotopic (exact) mass is 194 g/mol. The van der Waals surface area contributed by atoms with Gasteiger partial charge in [-0.1, -0.05) is 24.3 Å². The van der Waals surface area contributed by atoms with Crippen molar-refractivity contribution in [3.8, 4) is 5.75 Å². The quantitative estimate of drug-likeness (QED) is 0.728. The van der Waals surface area contributed by atoms with Gasteiger partial charge in [0.05, 0.1) is 7.11 Å². The highest BCUT2D eigenvalue weighted by atomic mass is 32.1. The molecule has 13 heavy (non-hydrogen) atoms. The van der Waals surface area contributed by atoms with E-state index in [1.807, 2.05) is 25.1 Å². The third kappa shape index (κ3) is 2.81. The lowest BCUT2D eigenvalue weighted by molar-refractivity contribution is 0.411. The predicted octanol–water partition coefficient (Wildman–Crippen LogP) is 2.95. The number of hydrogen-bond acceptors (Lipinski definition) is 2. The van der Waals surface area contributed by atoms with Crippen LogP contribution >= 0.6 is 12.6 Å². The van der Waals surface area contributed by atoms with Crippen molar-refractivity contribution < 1.29 is 4.74 Å². The first-order valence-corrected chi connectivity index (χ1v) is 4.83. The summed E-state index contributed by atoms with van der Waals surface area (Å²) in [6, 6.07) is 6.14. The lowest BCUT2D eigenvalue weighted by Gasteiger charge is -2.04. The topological polar surface area (TPSA) is 9.23 Å². The van der Waals surface area contributed by atoms with Crippen LogP contribution in [-0.2, 0) is 0 Å². The summed E-state index contributed by atoms with van der Waals surface area (Å²) in [6.07, 6.45) is 4.04. The lowest BCUT2D eigenvalue weighted by Crippen LogP contribution is -1.87. The largest absolute Gasteiger partial charge is 0.496 e. The molecule has 1 aromatic rings. The van der Waals surface area contributed by atoms with Crippen LogP contribution in [0.1, 0.15) is 11.1 Å². The Morgan fingerprint density at radius 1 is 1.46 bits per heavy atom. The molecule has 1 aromatic carbocycles. The van der Waals surface area contributed by atoms with Crippen LogP contribution in [0, 0.1) is 6.92 Å². The summed E-state index contributed by atoms with van der Waals surface area (Å²) < 4.78 is 5.21. The van der Waals surface area contributed by atoms with Gasteiger partial charge in [0.25, 0.3) is 0 Å². The number of hydrogen-bond donors (Lipinski definition) is 1. The molecule has 0 bridgehead atoms. The summed E-state index contributed by atoms with van der Waals surface area (Å²) in [5.74, 6) is 1.69. The highest BCUT2D eigenvalue weighted by molar-refractivity contribution is 7.80. The van der Waals surface area contributed by atoms with Crippen LogP contribution in [0.2, 0.25) is 0 Å². The van der Waals surface area contributed by atoms with Crippen LogP contribution in [-0.4, -0.2) is 12.9 Å². The van der Waals surface area contributed by atoms with Crippen molar-refractivity contribution in [2.24, 2.45) is 0 Å². The van der Waals surface area contributed by atoms with Crippen LogP contribution in [0.4, 0.5) is 0 Å². The molecule has 0 heterocycles. The first-order chi connectivity index (χ1) is 6.27. The van der Waals surface area contributed by atoms with E-state index in [2.05, 4.69) is 24.8 Å². The van der Waals surface area contributed by atoms with Crippen LogP contribution in [0.5, 0.6) is 5.75 Å². The van der Waals surface area contributed by atoms with Crippen molar-refractivity contribution in [1.82, 2.24) is 0 Å². The molecule has 0 aliphatic rings. The summed E-state index contributed by atoms with van der Waals surface area (Å²) in [4.78, 5) is 0. The highest BCUT2D eigenvalue weighted by Crippen LogP contribution is 2.19. The number of rotatable bonds is 3. The number of aryl methyl sites for hydroxylation is 1. The van der Waals surface area contributed by atoms with Gasteiger partial charge in [-0.2, -0.15) is 12.6 Å². The number of thiol groups is 1. The van der Waals surface area contributed by atoms with Crippen LogP contribution in [0.3, 0.4) is 0 Å². The van der Waals surface area contributed by atoms with Crippen molar-refractivity contribution in [3.05, 3.63) is 35.4 Å². The van der Waals surface area contributed by atoms with E-state index in [-0.39, 0.29) is 0 Å². The fourth-order valence-corrected chi connectivity index (χ4v) is 1.23. The number of methoxy groups -OCH3 is 1. The molecular weight excluding hydrogens is 180 g/mol. The van der Waals surface area contributed by atoms with E-state index in [1.165, 1.54) is 0 Å². The standard InChI is InChI=1S/C11H14OS/c1-9-5-6-10(4-3-7-13)8-11(9)12-2/h3-6,8,13H,7H2,1-2H3. The Hall–Kier alpha value is -0.890. The molecule has 70 valence electrons. The molecule has 0 aliphatic heterocycles. The first-order valence-electron chi connectivity index (χ1n) is 4.20. The lowest BCUT2D eigenvalue weighted by atomic mass is 10.1. The molecule has 0 aliphatic carbocycles. The smallest absolute Gasteiger partial charge is 0.122 e. The maximum atomic E-state index is 5.21. The van der Waals surface area contributed by atoms with E-state index in [0.29, 0.717) is 0 Å². The van der Waals surface area contributed by atoms with Gasteiger partial charge in [0.2, 0.25) is 0 Å². The molecule has 0 amide bonds. The zero-order valence-electron chi connectivity index (χ0n) is 7.95. The highest BCUT2D eigenvalue weighted by Gasteiger charge is 1.96. The Balaban J connectivity index is 2.92. The Kier molecular flexibility index (Phi) is 3.90.